The van der Waals surface area contributed by atoms with Crippen LogP contribution in [0.3, 0.4) is 0 Å². The van der Waals surface area contributed by atoms with Crippen molar-refractivity contribution in [2.75, 3.05) is 20.2 Å². The monoisotopic (exact) mass is 377 g/mol. The van der Waals surface area contributed by atoms with Crippen molar-refractivity contribution in [3.05, 3.63) is 65.7 Å². The number of rotatable bonds is 6. The Balaban J connectivity index is 1.85. The van der Waals surface area contributed by atoms with E-state index in [2.05, 4.69) is 6.07 Å². The Morgan fingerprint density at radius 2 is 1.89 bits per heavy atom. The van der Waals surface area contributed by atoms with E-state index in [4.69, 9.17) is 4.74 Å². The molecule has 1 aliphatic rings. The number of para-hydroxylation sites is 1. The van der Waals surface area contributed by atoms with Crippen LogP contribution in [0.1, 0.15) is 28.8 Å². The molecule has 1 heterocycles. The molecule has 0 spiro atoms. The minimum absolute atomic E-state index is 0.0794. The van der Waals surface area contributed by atoms with E-state index in [1.54, 1.807) is 29.2 Å². The van der Waals surface area contributed by atoms with E-state index in [-0.39, 0.29) is 18.4 Å². The molecule has 3 rings (SSSR count). The average molecular weight is 377 g/mol. The molecule has 0 saturated carbocycles. The summed E-state index contributed by atoms with van der Waals surface area (Å²) in [6.07, 6.45) is 1.49. The SMILES string of the molecule is COc1ccccc1C(=O)N(CC(=O)N1CCC[C@H]1C#N)Cc1ccccc1. The maximum atomic E-state index is 13.2. The van der Waals surface area contributed by atoms with E-state index in [9.17, 15) is 14.9 Å². The lowest BCUT2D eigenvalue weighted by molar-refractivity contribution is -0.132. The van der Waals surface area contributed by atoms with Crippen LogP contribution in [-0.4, -0.2) is 47.9 Å². The summed E-state index contributed by atoms with van der Waals surface area (Å²) in [6, 6.07) is 18.3. The van der Waals surface area contributed by atoms with E-state index >= 15 is 0 Å². The van der Waals surface area contributed by atoms with E-state index in [0.29, 0.717) is 30.8 Å². The van der Waals surface area contributed by atoms with Gasteiger partial charge in [0.25, 0.3) is 5.91 Å². The molecular formula is C22H23N3O3. The highest BCUT2D eigenvalue weighted by molar-refractivity contribution is 5.98. The summed E-state index contributed by atoms with van der Waals surface area (Å²) in [6.45, 7) is 0.775. The van der Waals surface area contributed by atoms with Gasteiger partial charge in [0.15, 0.2) is 0 Å². The van der Waals surface area contributed by atoms with Gasteiger partial charge in [-0.2, -0.15) is 5.26 Å². The van der Waals surface area contributed by atoms with Crippen LogP contribution in [0, 0.1) is 11.3 Å². The van der Waals surface area contributed by atoms with Gasteiger partial charge >= 0.3 is 0 Å². The number of benzene rings is 2. The second kappa shape index (κ2) is 9.05. The predicted octanol–water partition coefficient (Wildman–Crippen LogP) is 2.85. The number of ether oxygens (including phenoxy) is 1. The smallest absolute Gasteiger partial charge is 0.258 e. The number of hydrogen-bond acceptors (Lipinski definition) is 4. The summed E-state index contributed by atoms with van der Waals surface area (Å²) in [5, 5.41) is 9.27. The molecule has 0 aliphatic carbocycles. The van der Waals surface area contributed by atoms with Crippen LogP contribution in [0.15, 0.2) is 54.6 Å². The zero-order valence-electron chi connectivity index (χ0n) is 15.9. The average Bonchev–Trinajstić information content (AvgIpc) is 3.22. The molecule has 0 N–H and O–H groups in total. The van der Waals surface area contributed by atoms with Crippen LogP contribution < -0.4 is 4.74 Å². The summed E-state index contributed by atoms with van der Waals surface area (Å²) in [5.74, 6) is -0.0142. The zero-order chi connectivity index (χ0) is 19.9. The Hall–Kier alpha value is -3.33. The first kappa shape index (κ1) is 19.4. The number of likely N-dealkylation sites (tertiary alicyclic amines) is 1. The Bertz CT molecular complexity index is 876. The first-order valence-electron chi connectivity index (χ1n) is 9.29. The fraction of sp³-hybridized carbons (Fsp3) is 0.318. The normalized spacial score (nSPS) is 15.7. The van der Waals surface area contributed by atoms with Crippen molar-refractivity contribution in [1.29, 1.82) is 5.26 Å². The molecule has 6 heteroatoms. The van der Waals surface area contributed by atoms with Gasteiger partial charge in [-0.3, -0.25) is 9.59 Å². The minimum atomic E-state index is -0.410. The largest absolute Gasteiger partial charge is 0.496 e. The van der Waals surface area contributed by atoms with Gasteiger partial charge in [0.05, 0.1) is 18.7 Å². The molecule has 0 unspecified atom stereocenters. The van der Waals surface area contributed by atoms with Crippen molar-refractivity contribution in [2.24, 2.45) is 0 Å². The molecule has 1 fully saturated rings. The van der Waals surface area contributed by atoms with Gasteiger partial charge < -0.3 is 14.5 Å². The van der Waals surface area contributed by atoms with Crippen LogP contribution in [0.2, 0.25) is 0 Å². The van der Waals surface area contributed by atoms with Gasteiger partial charge in [-0.05, 0) is 30.5 Å². The highest BCUT2D eigenvalue weighted by atomic mass is 16.5. The first-order valence-corrected chi connectivity index (χ1v) is 9.29. The molecular weight excluding hydrogens is 354 g/mol. The van der Waals surface area contributed by atoms with Crippen molar-refractivity contribution in [2.45, 2.75) is 25.4 Å². The second-order valence-corrected chi connectivity index (χ2v) is 6.72. The van der Waals surface area contributed by atoms with E-state index in [0.717, 1.165) is 12.0 Å². The number of carbonyl (C=O) groups is 2. The molecule has 6 nitrogen and oxygen atoms in total. The maximum absolute atomic E-state index is 13.2. The highest BCUT2D eigenvalue weighted by Crippen LogP contribution is 2.22. The predicted molar refractivity (Wildman–Crippen MR) is 105 cm³/mol. The van der Waals surface area contributed by atoms with Gasteiger partial charge in [0, 0.05) is 13.1 Å². The molecule has 2 aromatic rings. The first-order chi connectivity index (χ1) is 13.6. The van der Waals surface area contributed by atoms with Crippen molar-refractivity contribution in [3.63, 3.8) is 0 Å². The summed E-state index contributed by atoms with van der Waals surface area (Å²) in [5.41, 5.74) is 1.34. The lowest BCUT2D eigenvalue weighted by Crippen LogP contribution is -2.44. The Kier molecular flexibility index (Phi) is 6.28. The molecule has 1 saturated heterocycles. The van der Waals surface area contributed by atoms with E-state index in [1.807, 2.05) is 30.3 Å². The summed E-state index contributed by atoms with van der Waals surface area (Å²) in [4.78, 5) is 29.2. The number of nitrogens with zero attached hydrogens (tertiary/aromatic N) is 3. The maximum Gasteiger partial charge on any atom is 0.258 e. The van der Waals surface area contributed by atoms with Crippen LogP contribution >= 0.6 is 0 Å². The Morgan fingerprint density at radius 3 is 2.61 bits per heavy atom. The minimum Gasteiger partial charge on any atom is -0.496 e. The molecule has 0 radical (unpaired) electrons. The molecule has 28 heavy (non-hydrogen) atoms. The van der Waals surface area contributed by atoms with Crippen LogP contribution in [-0.2, 0) is 11.3 Å². The molecule has 2 aromatic carbocycles. The topological polar surface area (TPSA) is 73.6 Å². The van der Waals surface area contributed by atoms with Gasteiger partial charge in [0.1, 0.15) is 18.3 Å². The summed E-state index contributed by atoms with van der Waals surface area (Å²) in [7, 11) is 1.51. The molecule has 2 amide bonds. The third-order valence-corrected chi connectivity index (χ3v) is 4.89. The van der Waals surface area contributed by atoms with Gasteiger partial charge in [0.2, 0.25) is 5.91 Å². The van der Waals surface area contributed by atoms with E-state index in [1.165, 1.54) is 12.0 Å². The van der Waals surface area contributed by atoms with E-state index < -0.39 is 6.04 Å². The number of hydrogen-bond donors (Lipinski definition) is 0. The fourth-order valence-corrected chi connectivity index (χ4v) is 3.45. The molecule has 0 bridgehead atoms. The lowest BCUT2D eigenvalue weighted by atomic mass is 10.1. The highest BCUT2D eigenvalue weighted by Gasteiger charge is 2.31. The molecule has 0 aromatic heterocycles. The number of amides is 2. The second-order valence-electron chi connectivity index (χ2n) is 6.72. The van der Waals surface area contributed by atoms with Gasteiger partial charge in [-0.25, -0.2) is 0 Å². The molecule has 1 aliphatic heterocycles. The Labute approximate surface area is 164 Å². The van der Waals surface area contributed by atoms with Crippen LogP contribution in [0.25, 0.3) is 0 Å². The van der Waals surface area contributed by atoms with Crippen molar-refractivity contribution >= 4 is 11.8 Å². The Morgan fingerprint density at radius 1 is 1.18 bits per heavy atom. The summed E-state index contributed by atoms with van der Waals surface area (Å²) < 4.78 is 5.32. The van der Waals surface area contributed by atoms with Crippen molar-refractivity contribution in [3.8, 4) is 11.8 Å². The van der Waals surface area contributed by atoms with Crippen LogP contribution in [0.4, 0.5) is 0 Å². The van der Waals surface area contributed by atoms with Crippen molar-refractivity contribution in [1.82, 2.24) is 9.80 Å². The van der Waals surface area contributed by atoms with Gasteiger partial charge in [-0.15, -0.1) is 0 Å². The number of carbonyl (C=O) groups excluding carboxylic acids is 2. The van der Waals surface area contributed by atoms with Gasteiger partial charge in [-0.1, -0.05) is 42.5 Å². The van der Waals surface area contributed by atoms with Crippen LogP contribution in [0.5, 0.6) is 5.75 Å². The summed E-state index contributed by atoms with van der Waals surface area (Å²) >= 11 is 0. The molecule has 1 atom stereocenters. The molecule has 144 valence electrons. The fourth-order valence-electron chi connectivity index (χ4n) is 3.45. The quantitative estimate of drug-likeness (QED) is 0.776. The standard InChI is InChI=1S/C22H23N3O3/c1-28-20-12-6-5-11-19(20)22(27)24(15-17-8-3-2-4-9-17)16-21(26)25-13-7-10-18(25)14-23/h2-6,8-9,11-12,18H,7,10,13,15-16H2,1H3/t18-/m0/s1. The number of nitriles is 1. The lowest BCUT2D eigenvalue weighted by Gasteiger charge is -2.27. The number of methoxy groups -OCH3 is 1. The van der Waals surface area contributed by atoms with Crippen molar-refractivity contribution < 1.29 is 14.3 Å². The zero-order valence-corrected chi connectivity index (χ0v) is 15.9. The third kappa shape index (κ3) is 4.32. The third-order valence-electron chi connectivity index (χ3n) is 4.89.